The van der Waals surface area contributed by atoms with Gasteiger partial charge in [-0.15, -0.1) is 0 Å². The third-order valence-electron chi connectivity index (χ3n) is 11.2. The molecule has 0 saturated heterocycles. The molecule has 11 nitrogen and oxygen atoms in total. The largest absolute Gasteiger partial charge is 1.00 e. The minimum absolute atomic E-state index is 0. The first-order chi connectivity index (χ1) is 35.6. The maximum absolute atomic E-state index is 10.1. The van der Waals surface area contributed by atoms with Crippen molar-refractivity contribution >= 4 is 27.1 Å². The van der Waals surface area contributed by atoms with Crippen molar-refractivity contribution in [2.24, 2.45) is 21.5 Å². The molecule has 0 fully saturated rings. The van der Waals surface area contributed by atoms with Crippen molar-refractivity contribution in [3.8, 4) is 28.7 Å². The first-order valence-corrected chi connectivity index (χ1v) is 24.1. The predicted molar refractivity (Wildman–Crippen MR) is 303 cm³/mol. The molecule has 0 spiro atoms. The zero-order chi connectivity index (χ0) is 52.5. The van der Waals surface area contributed by atoms with Crippen LogP contribution < -0.4 is 41.0 Å². The van der Waals surface area contributed by atoms with Crippen LogP contribution in [0.5, 0.6) is 28.7 Å². The molecule has 8 aromatic rings. The number of hydrogen-bond donors (Lipinski definition) is 8. The van der Waals surface area contributed by atoms with Crippen LogP contribution >= 0.6 is 0 Å². The number of aliphatic hydroxyl groups excluding tert-OH is 1. The number of aromatic hydroxyl groups is 5. The smallest absolute Gasteiger partial charge is 1.00 e. The van der Waals surface area contributed by atoms with Gasteiger partial charge < -0.3 is 43.5 Å². The van der Waals surface area contributed by atoms with Crippen molar-refractivity contribution in [2.75, 3.05) is 7.11 Å². The van der Waals surface area contributed by atoms with Gasteiger partial charge in [-0.05, 0) is 132 Å². The Balaban J connectivity index is 0.000000539. The van der Waals surface area contributed by atoms with E-state index in [1.807, 2.05) is 103 Å². The van der Waals surface area contributed by atoms with Crippen molar-refractivity contribution in [1.82, 2.24) is 0 Å². The van der Waals surface area contributed by atoms with Gasteiger partial charge in [-0.3, -0.25) is 14.8 Å². The van der Waals surface area contributed by atoms with Crippen LogP contribution in [0.4, 0.5) is 0 Å². The molecular weight excluding hydrogens is 947 g/mol. The van der Waals surface area contributed by atoms with Crippen molar-refractivity contribution in [1.29, 1.82) is 0 Å². The fourth-order valence-corrected chi connectivity index (χ4v) is 7.34. The number of phenols is 5. The number of rotatable bonds is 17. The Kier molecular flexibility index (Phi) is 31.9. The normalized spacial score (nSPS) is 10.1. The predicted octanol–water partition coefficient (Wildman–Crippen LogP) is 7.94. The molecule has 0 aliphatic carbocycles. The zero-order valence-electron chi connectivity index (χ0n) is 44.0. The van der Waals surface area contributed by atoms with Crippen LogP contribution in [-0.4, -0.2) is 64.9 Å². The van der Waals surface area contributed by atoms with E-state index in [-0.39, 0.29) is 56.6 Å². The summed E-state index contributed by atoms with van der Waals surface area (Å²) < 4.78 is 0. The van der Waals surface area contributed by atoms with E-state index in [4.69, 9.17) is 21.7 Å². The fourth-order valence-electron chi connectivity index (χ4n) is 7.34. The van der Waals surface area contributed by atoms with Crippen LogP contribution in [0.3, 0.4) is 0 Å². The molecule has 0 aromatic heterocycles. The second-order valence-electron chi connectivity index (χ2n) is 16.6. The summed E-state index contributed by atoms with van der Waals surface area (Å²) >= 11 is 0. The molecule has 3 radical (unpaired) electrons. The van der Waals surface area contributed by atoms with E-state index in [1.165, 1.54) is 17.2 Å². The van der Waals surface area contributed by atoms with Gasteiger partial charge in [0.15, 0.2) is 6.29 Å². The summed E-state index contributed by atoms with van der Waals surface area (Å²) in [5.41, 5.74) is 21.8. The van der Waals surface area contributed by atoms with Gasteiger partial charge >= 0.3 is 29.6 Å². The number of phenolic OH excluding ortho intramolecular Hbond substituents is 5. The van der Waals surface area contributed by atoms with Crippen LogP contribution in [-0.2, 0) is 51.9 Å². The number of aryl methyl sites for hydroxylation is 4. The van der Waals surface area contributed by atoms with Gasteiger partial charge in [0.1, 0.15) is 28.7 Å². The maximum Gasteiger partial charge on any atom is 1.00 e. The molecule has 0 saturated carbocycles. The summed E-state index contributed by atoms with van der Waals surface area (Å²) in [6, 6.07) is 60.6. The molecular formula is C62H69BN4NaO7. The molecule has 75 heavy (non-hydrogen) atoms. The summed E-state index contributed by atoms with van der Waals surface area (Å²) in [6.45, 7) is 2.25. The molecule has 0 unspecified atom stereocenters. The van der Waals surface area contributed by atoms with Gasteiger partial charge in [-0.25, -0.2) is 0 Å². The third kappa shape index (κ3) is 24.1. The van der Waals surface area contributed by atoms with Crippen LogP contribution in [0, 0.1) is 0 Å². The number of benzene rings is 8. The summed E-state index contributed by atoms with van der Waals surface area (Å²) in [6.07, 6.45) is 9.85. The number of hydrogen-bond acceptors (Lipinski definition) is 11. The number of aliphatic hydroxyl groups is 1. The summed E-state index contributed by atoms with van der Waals surface area (Å²) in [5, 5.41) is 55.0. The van der Waals surface area contributed by atoms with Crippen LogP contribution in [0.15, 0.2) is 204 Å². The Morgan fingerprint density at radius 2 is 0.707 bits per heavy atom. The van der Waals surface area contributed by atoms with Crippen molar-refractivity contribution in [2.45, 2.75) is 64.7 Å². The molecule has 0 heterocycles. The molecule has 0 aliphatic rings. The minimum atomic E-state index is 0. The second-order valence-corrected chi connectivity index (χ2v) is 16.6. The topological polar surface area (TPSA) is 215 Å². The van der Waals surface area contributed by atoms with E-state index < -0.39 is 0 Å². The van der Waals surface area contributed by atoms with Gasteiger partial charge in [-0.1, -0.05) is 146 Å². The van der Waals surface area contributed by atoms with Crippen LogP contribution in [0.2, 0.25) is 0 Å². The third-order valence-corrected chi connectivity index (χ3v) is 11.2. The molecule has 0 atom stereocenters. The summed E-state index contributed by atoms with van der Waals surface area (Å²) in [4.78, 5) is 18.9. The second kappa shape index (κ2) is 37.4. The SMILES string of the molecule is CO.NCc1cccc(CN)c1.O=Cc1ccccc1O.Oc1ccccc1C=NCc1cccc(CN=Cc2ccccc2O)c1.Oc1ccccc1CCCc1cccc(CCCc2ccccc2O)c1.[B].[H-].[Na+]. The van der Waals surface area contributed by atoms with Crippen LogP contribution in [0.1, 0.15) is 80.3 Å². The number of carbonyl (C=O) groups excluding carboxylic acids is 1. The average molecular weight is 1020 g/mol. The number of para-hydroxylation sites is 5. The molecule has 383 valence electrons. The molecule has 0 aliphatic heterocycles. The van der Waals surface area contributed by atoms with E-state index in [0.29, 0.717) is 60.7 Å². The molecule has 8 rings (SSSR count). The average Bonchev–Trinajstić information content (AvgIpc) is 3.42. The first-order valence-electron chi connectivity index (χ1n) is 24.1. The van der Waals surface area contributed by atoms with Crippen molar-refractivity contribution < 1.29 is 66.4 Å². The minimum Gasteiger partial charge on any atom is -1.00 e. The monoisotopic (exact) mass is 1020 g/mol. The number of aldehydes is 1. The van der Waals surface area contributed by atoms with Gasteiger partial charge in [0, 0.05) is 52.2 Å². The van der Waals surface area contributed by atoms with Crippen molar-refractivity contribution in [3.05, 3.63) is 255 Å². The van der Waals surface area contributed by atoms with Crippen molar-refractivity contribution in [3.63, 3.8) is 0 Å². The fraction of sp³-hybridized carbons (Fsp3) is 0.177. The van der Waals surface area contributed by atoms with Crippen LogP contribution in [0.25, 0.3) is 0 Å². The van der Waals surface area contributed by atoms with Gasteiger partial charge in [0.25, 0.3) is 0 Å². The van der Waals surface area contributed by atoms with E-state index in [1.54, 1.807) is 67.0 Å². The van der Waals surface area contributed by atoms with E-state index in [0.717, 1.165) is 79.0 Å². The summed E-state index contributed by atoms with van der Waals surface area (Å²) in [5.74, 6) is 1.27. The first kappa shape index (κ1) is 63.8. The molecule has 8 aromatic carbocycles. The van der Waals surface area contributed by atoms with Gasteiger partial charge in [-0.2, -0.15) is 0 Å². The van der Waals surface area contributed by atoms with Gasteiger partial charge in [0.05, 0.1) is 18.7 Å². The molecule has 0 amide bonds. The Hall–Kier alpha value is -7.29. The van der Waals surface area contributed by atoms with E-state index >= 15 is 0 Å². The number of carbonyl (C=O) groups is 1. The zero-order valence-corrected chi connectivity index (χ0v) is 45.0. The van der Waals surface area contributed by atoms with Gasteiger partial charge in [0.2, 0.25) is 0 Å². The molecule has 0 bridgehead atoms. The number of nitrogens with two attached hydrogens (primary N) is 2. The number of aliphatic imine (C=N–C) groups is 2. The quantitative estimate of drug-likeness (QED) is 0.0252. The van der Waals surface area contributed by atoms with E-state index in [2.05, 4.69) is 40.3 Å². The Labute approximate surface area is 468 Å². The molecule has 10 N–H and O–H groups in total. The van der Waals surface area contributed by atoms with E-state index in [9.17, 15) is 25.2 Å². The Bertz CT molecular complexity index is 2780. The molecule has 13 heteroatoms. The number of nitrogens with zero attached hydrogens (tertiary/aromatic N) is 2. The maximum atomic E-state index is 10.1. The Morgan fingerprint density at radius 1 is 0.400 bits per heavy atom. The standard InChI is InChI=1S/C24H26O2.C22H20N2O2.C8H12N2.C7H6O2.CH4O.B.Na.H/c25-23-16-3-1-12-21(23)14-6-10-19-8-5-9-20(18-19)11-7-15-22-13-2-4-17-24(22)26;25-21-10-3-1-8-19(21)15-23-13-17-6-5-7-18(12-17)14-24-16-20-9-2-4-11-22(20)26;9-5-7-2-1-3-8(4-7)6-10;8-5-6-3-1-2-4-7(6)9;1-2;;;/h1-5,8-9,12-13,16-18,25-26H,6-7,10-11,14-15H2;1-12,15-16,25-26H,13-14H2;1-4H,5-6,9-10H2;1-5,9H;2H,1H3;;;/q;;;;;;+1;-1. The summed E-state index contributed by atoms with van der Waals surface area (Å²) in [7, 11) is 1.00. The Morgan fingerprint density at radius 3 is 1.05 bits per heavy atom.